The molecule has 6 heteroatoms. The molecule has 0 radical (unpaired) electrons. The maximum Gasteiger partial charge on any atom is 0.254 e. The molecule has 0 saturated carbocycles. The van der Waals surface area contributed by atoms with Gasteiger partial charge >= 0.3 is 0 Å². The minimum absolute atomic E-state index is 0.116. The van der Waals surface area contributed by atoms with Crippen molar-refractivity contribution >= 4 is 15.9 Å². The zero-order valence-corrected chi connectivity index (χ0v) is 9.49. The van der Waals surface area contributed by atoms with Gasteiger partial charge in [0.25, 0.3) is 5.56 Å². The summed E-state index contributed by atoms with van der Waals surface area (Å²) >= 11 is 3.03. The summed E-state index contributed by atoms with van der Waals surface area (Å²) in [5, 5.41) is 0. The molecule has 4 nitrogen and oxygen atoms in total. The van der Waals surface area contributed by atoms with Gasteiger partial charge < -0.3 is 9.72 Å². The van der Waals surface area contributed by atoms with Crippen molar-refractivity contribution in [3.63, 3.8) is 0 Å². The number of aromatic amines is 1. The average molecular weight is 285 g/mol. The molecular weight excluding hydrogens is 279 g/mol. The van der Waals surface area contributed by atoms with E-state index in [2.05, 4.69) is 25.9 Å². The van der Waals surface area contributed by atoms with Gasteiger partial charge in [0.1, 0.15) is 11.6 Å². The van der Waals surface area contributed by atoms with Gasteiger partial charge in [-0.15, -0.1) is 0 Å². The van der Waals surface area contributed by atoms with Crippen LogP contribution in [0.4, 0.5) is 4.39 Å². The molecule has 2 rings (SSSR count). The predicted octanol–water partition coefficient (Wildman–Crippen LogP) is 2.46. The summed E-state index contributed by atoms with van der Waals surface area (Å²) < 4.78 is 18.7. The molecule has 1 N–H and O–H groups in total. The molecule has 0 spiro atoms. The molecule has 1 aromatic heterocycles. The molecule has 0 aliphatic rings. The Morgan fingerprint density at radius 2 is 2.19 bits per heavy atom. The Labute approximate surface area is 98.2 Å². The summed E-state index contributed by atoms with van der Waals surface area (Å²) in [7, 11) is 0. The summed E-state index contributed by atoms with van der Waals surface area (Å²) in [4.78, 5) is 17.1. The molecule has 1 aromatic carbocycles. The van der Waals surface area contributed by atoms with Gasteiger partial charge in [0.2, 0.25) is 5.88 Å². The lowest BCUT2D eigenvalue weighted by atomic mass is 10.3. The van der Waals surface area contributed by atoms with Crippen LogP contribution in [0.25, 0.3) is 0 Å². The van der Waals surface area contributed by atoms with Crippen molar-refractivity contribution < 1.29 is 9.13 Å². The average Bonchev–Trinajstić information content (AvgIpc) is 2.24. The van der Waals surface area contributed by atoms with Crippen LogP contribution in [-0.4, -0.2) is 9.97 Å². The zero-order chi connectivity index (χ0) is 11.5. The van der Waals surface area contributed by atoms with Gasteiger partial charge in [0.15, 0.2) is 0 Å². The molecule has 0 amide bonds. The number of nitrogens with zero attached hydrogens (tertiary/aromatic N) is 1. The lowest BCUT2D eigenvalue weighted by Crippen LogP contribution is -2.04. The standard InChI is InChI=1S/C10H6BrFN2O2/c11-7-2-1-6(3-8(7)12)16-10-4-9(15)13-5-14-10/h1-5H,(H,13,14,15). The smallest absolute Gasteiger partial charge is 0.254 e. The lowest BCUT2D eigenvalue weighted by molar-refractivity contribution is 0.455. The van der Waals surface area contributed by atoms with Crippen molar-refractivity contribution in [2.45, 2.75) is 0 Å². The Balaban J connectivity index is 2.27. The molecule has 16 heavy (non-hydrogen) atoms. The second kappa shape index (κ2) is 4.44. The number of hydrogen-bond acceptors (Lipinski definition) is 3. The number of nitrogens with one attached hydrogen (secondary N) is 1. The third-order valence-electron chi connectivity index (χ3n) is 1.77. The van der Waals surface area contributed by atoms with Crippen LogP contribution in [0, 0.1) is 5.82 Å². The Kier molecular flexibility index (Phi) is 3.00. The first-order valence-electron chi connectivity index (χ1n) is 4.33. The van der Waals surface area contributed by atoms with E-state index >= 15 is 0 Å². The summed E-state index contributed by atoms with van der Waals surface area (Å²) in [6.45, 7) is 0. The fraction of sp³-hybridized carbons (Fsp3) is 0. The van der Waals surface area contributed by atoms with Gasteiger partial charge in [-0.05, 0) is 28.1 Å². The number of hydrogen-bond donors (Lipinski definition) is 1. The van der Waals surface area contributed by atoms with Gasteiger partial charge in [0, 0.05) is 6.07 Å². The number of benzene rings is 1. The third kappa shape index (κ3) is 2.46. The van der Waals surface area contributed by atoms with E-state index in [4.69, 9.17) is 4.74 Å². The Morgan fingerprint density at radius 3 is 2.88 bits per heavy atom. The van der Waals surface area contributed by atoms with Crippen molar-refractivity contribution in [1.82, 2.24) is 9.97 Å². The van der Waals surface area contributed by atoms with Crippen molar-refractivity contribution in [3.8, 4) is 11.6 Å². The molecule has 0 fully saturated rings. The molecule has 2 aromatic rings. The maximum atomic E-state index is 13.1. The summed E-state index contributed by atoms with van der Waals surface area (Å²) in [5.74, 6) is -0.0494. The first kappa shape index (κ1) is 10.8. The Hall–Kier alpha value is -1.69. The normalized spacial score (nSPS) is 10.1. The van der Waals surface area contributed by atoms with E-state index in [1.165, 1.54) is 24.5 Å². The van der Waals surface area contributed by atoms with Crippen molar-refractivity contribution in [3.05, 3.63) is 51.2 Å². The Morgan fingerprint density at radius 1 is 1.38 bits per heavy atom. The molecule has 0 bridgehead atoms. The van der Waals surface area contributed by atoms with Crippen LogP contribution in [0.5, 0.6) is 11.6 Å². The van der Waals surface area contributed by atoms with Crippen molar-refractivity contribution in [2.75, 3.05) is 0 Å². The fourth-order valence-electron chi connectivity index (χ4n) is 1.07. The fourth-order valence-corrected chi connectivity index (χ4v) is 1.31. The lowest BCUT2D eigenvalue weighted by Gasteiger charge is -2.04. The highest BCUT2D eigenvalue weighted by Crippen LogP contribution is 2.23. The number of ether oxygens (including phenoxy) is 1. The van der Waals surface area contributed by atoms with Crippen molar-refractivity contribution in [2.24, 2.45) is 0 Å². The molecule has 0 aliphatic heterocycles. The van der Waals surface area contributed by atoms with E-state index in [-0.39, 0.29) is 17.2 Å². The van der Waals surface area contributed by atoms with Crippen LogP contribution in [0.2, 0.25) is 0 Å². The highest BCUT2D eigenvalue weighted by Gasteiger charge is 2.03. The molecule has 0 aliphatic carbocycles. The second-order valence-electron chi connectivity index (χ2n) is 2.93. The van der Waals surface area contributed by atoms with Crippen LogP contribution < -0.4 is 10.3 Å². The minimum Gasteiger partial charge on any atom is -0.439 e. The van der Waals surface area contributed by atoms with E-state index in [1.807, 2.05) is 0 Å². The van der Waals surface area contributed by atoms with E-state index in [1.54, 1.807) is 6.07 Å². The minimum atomic E-state index is -0.442. The van der Waals surface area contributed by atoms with Gasteiger partial charge in [-0.1, -0.05) is 0 Å². The summed E-state index contributed by atoms with van der Waals surface area (Å²) in [6.07, 6.45) is 1.22. The summed E-state index contributed by atoms with van der Waals surface area (Å²) in [5.41, 5.74) is -0.331. The SMILES string of the molecule is O=c1cc(Oc2ccc(Br)c(F)c2)nc[nH]1. The highest BCUT2D eigenvalue weighted by molar-refractivity contribution is 9.10. The van der Waals surface area contributed by atoms with Gasteiger partial charge in [-0.25, -0.2) is 9.37 Å². The predicted molar refractivity (Wildman–Crippen MR) is 59.0 cm³/mol. The number of halogens is 2. The van der Waals surface area contributed by atoms with Crippen LogP contribution in [0.1, 0.15) is 0 Å². The van der Waals surface area contributed by atoms with E-state index in [9.17, 15) is 9.18 Å². The Bertz CT molecular complexity index is 571. The van der Waals surface area contributed by atoms with Gasteiger partial charge in [-0.3, -0.25) is 4.79 Å². The quantitative estimate of drug-likeness (QED) is 0.922. The largest absolute Gasteiger partial charge is 0.439 e. The highest BCUT2D eigenvalue weighted by atomic mass is 79.9. The molecule has 82 valence electrons. The molecule has 0 saturated heterocycles. The van der Waals surface area contributed by atoms with Gasteiger partial charge in [-0.2, -0.15) is 0 Å². The molecule has 0 atom stereocenters. The summed E-state index contributed by atoms with van der Waals surface area (Å²) in [6, 6.07) is 5.46. The van der Waals surface area contributed by atoms with Crippen LogP contribution in [0.3, 0.4) is 0 Å². The molecular formula is C10H6BrFN2O2. The van der Waals surface area contributed by atoms with Gasteiger partial charge in [0.05, 0.1) is 16.9 Å². The van der Waals surface area contributed by atoms with Crippen molar-refractivity contribution in [1.29, 1.82) is 0 Å². The monoisotopic (exact) mass is 284 g/mol. The van der Waals surface area contributed by atoms with E-state index in [0.29, 0.717) is 4.47 Å². The first-order valence-corrected chi connectivity index (χ1v) is 5.12. The van der Waals surface area contributed by atoms with E-state index in [0.717, 1.165) is 0 Å². The van der Waals surface area contributed by atoms with E-state index < -0.39 is 5.82 Å². The topological polar surface area (TPSA) is 55.0 Å². The first-order chi connectivity index (χ1) is 7.65. The number of rotatable bonds is 2. The molecule has 1 heterocycles. The third-order valence-corrected chi connectivity index (χ3v) is 2.41. The zero-order valence-electron chi connectivity index (χ0n) is 7.91. The second-order valence-corrected chi connectivity index (χ2v) is 3.78. The van der Waals surface area contributed by atoms with Crippen LogP contribution in [0.15, 0.2) is 39.9 Å². The van der Waals surface area contributed by atoms with Crippen LogP contribution in [-0.2, 0) is 0 Å². The van der Waals surface area contributed by atoms with Crippen LogP contribution >= 0.6 is 15.9 Å². The maximum absolute atomic E-state index is 13.1. The molecule has 0 unspecified atom stereocenters. The number of H-pyrrole nitrogens is 1. The number of aromatic nitrogens is 2.